The van der Waals surface area contributed by atoms with Crippen LogP contribution in [0.15, 0.2) is 30.5 Å². The molecule has 94 valence electrons. The van der Waals surface area contributed by atoms with Gasteiger partial charge < -0.3 is 5.11 Å². The Hall–Kier alpha value is -1.52. The van der Waals surface area contributed by atoms with Crippen molar-refractivity contribution in [2.24, 2.45) is 0 Å². The smallest absolute Gasteiger partial charge is 0.165 e. The summed E-state index contributed by atoms with van der Waals surface area (Å²) in [5, 5.41) is 10.2. The van der Waals surface area contributed by atoms with Crippen LogP contribution in [0, 0.1) is 18.6 Å². The summed E-state index contributed by atoms with van der Waals surface area (Å²) in [7, 11) is 0. The van der Waals surface area contributed by atoms with Crippen LogP contribution in [0.4, 0.5) is 8.78 Å². The van der Waals surface area contributed by atoms with Crippen LogP contribution in [0.5, 0.6) is 0 Å². The van der Waals surface area contributed by atoms with Gasteiger partial charge in [0.05, 0.1) is 0 Å². The fourth-order valence-corrected chi connectivity index (χ4v) is 1.82. The monoisotopic (exact) mass is 269 g/mol. The van der Waals surface area contributed by atoms with Crippen molar-refractivity contribution in [3.05, 3.63) is 63.9 Å². The molecule has 0 bridgehead atoms. The van der Waals surface area contributed by atoms with Gasteiger partial charge in [0.15, 0.2) is 11.6 Å². The summed E-state index contributed by atoms with van der Waals surface area (Å²) >= 11 is 5.68. The molecule has 2 rings (SSSR count). The highest BCUT2D eigenvalue weighted by Crippen LogP contribution is 2.27. The molecule has 1 N–H and O–H groups in total. The van der Waals surface area contributed by atoms with Crippen LogP contribution >= 0.6 is 11.6 Å². The van der Waals surface area contributed by atoms with Crippen LogP contribution in [-0.4, -0.2) is 10.1 Å². The van der Waals surface area contributed by atoms with E-state index in [1.807, 2.05) is 0 Å². The average Bonchev–Trinajstić information content (AvgIpc) is 2.35. The Bertz CT molecular complexity index is 589. The number of aromatic nitrogens is 1. The topological polar surface area (TPSA) is 33.1 Å². The van der Waals surface area contributed by atoms with E-state index in [2.05, 4.69) is 4.98 Å². The van der Waals surface area contributed by atoms with Gasteiger partial charge in [0.1, 0.15) is 11.3 Å². The van der Waals surface area contributed by atoms with Crippen LogP contribution in [0.25, 0.3) is 0 Å². The third kappa shape index (κ3) is 2.35. The van der Waals surface area contributed by atoms with Gasteiger partial charge in [0.2, 0.25) is 0 Å². The van der Waals surface area contributed by atoms with Gasteiger partial charge >= 0.3 is 0 Å². The molecule has 1 heterocycles. The van der Waals surface area contributed by atoms with E-state index in [1.165, 1.54) is 37.4 Å². The lowest BCUT2D eigenvalue weighted by atomic mass is 10.0. The normalized spacial score (nSPS) is 12.5. The third-order valence-electron chi connectivity index (χ3n) is 2.67. The minimum Gasteiger partial charge on any atom is -0.384 e. The standard InChI is InChI=1S/C13H10ClF2NO/c1-7-2-3-9(12(16)11(7)15)13(18)8-4-5-17-10(14)6-8/h2-6,13,18H,1H3. The molecular weight excluding hydrogens is 260 g/mol. The minimum atomic E-state index is -1.28. The van der Waals surface area contributed by atoms with E-state index in [0.29, 0.717) is 5.56 Å². The number of hydrogen-bond donors (Lipinski definition) is 1. The van der Waals surface area contributed by atoms with Gasteiger partial charge in [-0.1, -0.05) is 23.7 Å². The first-order chi connectivity index (χ1) is 8.50. The second kappa shape index (κ2) is 5.00. The second-order valence-electron chi connectivity index (χ2n) is 3.91. The van der Waals surface area contributed by atoms with Gasteiger partial charge in [-0.3, -0.25) is 0 Å². The lowest BCUT2D eigenvalue weighted by molar-refractivity contribution is 0.213. The van der Waals surface area contributed by atoms with E-state index in [1.54, 1.807) is 0 Å². The molecule has 0 aliphatic heterocycles. The van der Waals surface area contributed by atoms with Crippen LogP contribution < -0.4 is 0 Å². The predicted molar refractivity (Wildman–Crippen MR) is 64.4 cm³/mol. The summed E-state index contributed by atoms with van der Waals surface area (Å²) in [5.41, 5.74) is 0.425. The summed E-state index contributed by atoms with van der Waals surface area (Å²) in [6, 6.07) is 5.67. The van der Waals surface area contributed by atoms with Crippen molar-refractivity contribution < 1.29 is 13.9 Å². The van der Waals surface area contributed by atoms with E-state index in [-0.39, 0.29) is 16.3 Å². The molecule has 0 saturated heterocycles. The molecule has 1 aromatic heterocycles. The number of hydrogen-bond acceptors (Lipinski definition) is 2. The fraction of sp³-hybridized carbons (Fsp3) is 0.154. The molecule has 0 fully saturated rings. The molecule has 0 radical (unpaired) electrons. The average molecular weight is 270 g/mol. The van der Waals surface area contributed by atoms with E-state index in [9.17, 15) is 13.9 Å². The van der Waals surface area contributed by atoms with E-state index in [0.717, 1.165) is 0 Å². The molecule has 18 heavy (non-hydrogen) atoms. The molecule has 1 aromatic carbocycles. The number of halogens is 3. The summed E-state index contributed by atoms with van der Waals surface area (Å²) in [5.74, 6) is -2.00. The highest BCUT2D eigenvalue weighted by molar-refractivity contribution is 6.29. The Morgan fingerprint density at radius 2 is 1.94 bits per heavy atom. The van der Waals surface area contributed by atoms with Crippen molar-refractivity contribution in [3.63, 3.8) is 0 Å². The van der Waals surface area contributed by atoms with Crippen molar-refractivity contribution >= 4 is 11.6 Å². The lowest BCUT2D eigenvalue weighted by Crippen LogP contribution is -2.05. The zero-order valence-electron chi connectivity index (χ0n) is 9.49. The molecule has 5 heteroatoms. The lowest BCUT2D eigenvalue weighted by Gasteiger charge is -2.13. The minimum absolute atomic E-state index is 0.125. The largest absolute Gasteiger partial charge is 0.384 e. The van der Waals surface area contributed by atoms with Crippen molar-refractivity contribution in [2.75, 3.05) is 0 Å². The summed E-state index contributed by atoms with van der Waals surface area (Å²) in [6.07, 6.45) is 0.115. The summed E-state index contributed by atoms with van der Waals surface area (Å²) < 4.78 is 27.1. The maximum absolute atomic E-state index is 13.7. The van der Waals surface area contributed by atoms with E-state index >= 15 is 0 Å². The van der Waals surface area contributed by atoms with Gasteiger partial charge in [-0.05, 0) is 30.2 Å². The number of aliphatic hydroxyl groups excluding tert-OH is 1. The number of aryl methyl sites for hydroxylation is 1. The molecule has 2 aromatic rings. The highest BCUT2D eigenvalue weighted by Gasteiger charge is 2.19. The number of benzene rings is 1. The molecule has 1 atom stereocenters. The fourth-order valence-electron chi connectivity index (χ4n) is 1.64. The SMILES string of the molecule is Cc1ccc(C(O)c2ccnc(Cl)c2)c(F)c1F. The van der Waals surface area contributed by atoms with Crippen molar-refractivity contribution in [2.45, 2.75) is 13.0 Å². The van der Waals surface area contributed by atoms with Crippen molar-refractivity contribution in [3.8, 4) is 0 Å². The molecule has 0 aliphatic carbocycles. The first kappa shape index (κ1) is 12.9. The van der Waals surface area contributed by atoms with Gasteiger partial charge in [0, 0.05) is 11.8 Å². The maximum Gasteiger partial charge on any atom is 0.165 e. The van der Waals surface area contributed by atoms with Gasteiger partial charge in [-0.15, -0.1) is 0 Å². The Morgan fingerprint density at radius 1 is 1.22 bits per heavy atom. The highest BCUT2D eigenvalue weighted by atomic mass is 35.5. The second-order valence-corrected chi connectivity index (χ2v) is 4.30. The van der Waals surface area contributed by atoms with Gasteiger partial charge in [-0.25, -0.2) is 13.8 Å². The van der Waals surface area contributed by atoms with Gasteiger partial charge in [0.25, 0.3) is 0 Å². The molecule has 0 aliphatic rings. The quantitative estimate of drug-likeness (QED) is 0.848. The molecular formula is C13H10ClF2NO. The molecule has 0 saturated carbocycles. The van der Waals surface area contributed by atoms with Crippen molar-refractivity contribution in [1.29, 1.82) is 0 Å². The Labute approximate surface area is 108 Å². The van der Waals surface area contributed by atoms with Crippen LogP contribution in [-0.2, 0) is 0 Å². The van der Waals surface area contributed by atoms with Crippen LogP contribution in [0.1, 0.15) is 22.8 Å². The van der Waals surface area contributed by atoms with Crippen molar-refractivity contribution in [1.82, 2.24) is 4.98 Å². The number of nitrogens with zero attached hydrogens (tertiary/aromatic N) is 1. The number of rotatable bonds is 2. The number of aliphatic hydroxyl groups is 1. The van der Waals surface area contributed by atoms with Gasteiger partial charge in [-0.2, -0.15) is 0 Å². The predicted octanol–water partition coefficient (Wildman–Crippen LogP) is 3.40. The molecule has 0 amide bonds. The Kier molecular flexibility index (Phi) is 3.59. The Morgan fingerprint density at radius 3 is 2.61 bits per heavy atom. The first-order valence-corrected chi connectivity index (χ1v) is 5.62. The zero-order chi connectivity index (χ0) is 13.3. The zero-order valence-corrected chi connectivity index (χ0v) is 10.2. The van der Waals surface area contributed by atoms with E-state index < -0.39 is 17.7 Å². The van der Waals surface area contributed by atoms with Crippen LogP contribution in [0.3, 0.4) is 0 Å². The molecule has 2 nitrogen and oxygen atoms in total. The Balaban J connectivity index is 2.46. The summed E-state index contributed by atoms with van der Waals surface area (Å²) in [4.78, 5) is 3.76. The molecule has 0 spiro atoms. The van der Waals surface area contributed by atoms with Crippen LogP contribution in [0.2, 0.25) is 5.15 Å². The maximum atomic E-state index is 13.7. The number of pyridine rings is 1. The molecule has 1 unspecified atom stereocenters. The van der Waals surface area contributed by atoms with E-state index in [4.69, 9.17) is 11.6 Å². The first-order valence-electron chi connectivity index (χ1n) is 5.24. The summed E-state index contributed by atoms with van der Waals surface area (Å²) in [6.45, 7) is 1.46. The third-order valence-corrected chi connectivity index (χ3v) is 2.87.